The predicted molar refractivity (Wildman–Crippen MR) is 87.1 cm³/mol. The molecule has 0 aliphatic rings. The summed E-state index contributed by atoms with van der Waals surface area (Å²) < 4.78 is 5.59. The lowest BCUT2D eigenvalue weighted by molar-refractivity contribution is 0.0635. The highest BCUT2D eigenvalue weighted by atomic mass is 79.9. The zero-order valence-corrected chi connectivity index (χ0v) is 14.1. The van der Waals surface area contributed by atoms with Gasteiger partial charge in [0.25, 0.3) is 5.56 Å². The molecular formula is C14H14BrClN2O3. The van der Waals surface area contributed by atoms with Crippen LogP contribution < -0.4 is 10.9 Å². The number of aromatic nitrogens is 1. The maximum absolute atomic E-state index is 12.1. The molecule has 2 N–H and O–H groups in total. The molecule has 1 aromatic heterocycles. The number of pyridine rings is 1. The van der Waals surface area contributed by atoms with Crippen LogP contribution in [0.3, 0.4) is 0 Å². The summed E-state index contributed by atoms with van der Waals surface area (Å²) in [6, 6.07) is 5.06. The first kappa shape index (κ1) is 15.9. The molecule has 112 valence electrons. The lowest BCUT2D eigenvalue weighted by atomic mass is 10.2. The standard InChI is InChI=1S/C14H14BrClN2O3/c1-14(2,3)21-13(20)18-11-10(15)8-6-7(16)4-5-9(8)17-12(11)19/h4-6H,1-3H3,(H,17,19)(H,18,20). The van der Waals surface area contributed by atoms with Crippen LogP contribution in [0.1, 0.15) is 20.8 Å². The van der Waals surface area contributed by atoms with Gasteiger partial charge in [0.2, 0.25) is 0 Å². The zero-order chi connectivity index (χ0) is 15.8. The Morgan fingerprint density at radius 2 is 2.05 bits per heavy atom. The minimum absolute atomic E-state index is 0.0824. The van der Waals surface area contributed by atoms with E-state index in [0.29, 0.717) is 20.4 Å². The molecular weight excluding hydrogens is 360 g/mol. The number of ether oxygens (including phenoxy) is 1. The number of anilines is 1. The Balaban J connectivity index is 2.45. The Bertz CT molecular complexity index is 765. The number of hydrogen-bond acceptors (Lipinski definition) is 3. The Morgan fingerprint density at radius 3 is 2.67 bits per heavy atom. The van der Waals surface area contributed by atoms with Crippen molar-refractivity contribution in [2.45, 2.75) is 26.4 Å². The van der Waals surface area contributed by atoms with Gasteiger partial charge in [-0.05, 0) is 54.9 Å². The summed E-state index contributed by atoms with van der Waals surface area (Å²) in [5.41, 5.74) is -0.378. The fourth-order valence-corrected chi connectivity index (χ4v) is 2.52. The van der Waals surface area contributed by atoms with Gasteiger partial charge in [-0.1, -0.05) is 11.6 Å². The van der Waals surface area contributed by atoms with E-state index >= 15 is 0 Å². The molecule has 5 nitrogen and oxygen atoms in total. The van der Waals surface area contributed by atoms with Crippen LogP contribution >= 0.6 is 27.5 Å². The van der Waals surface area contributed by atoms with E-state index in [-0.39, 0.29) is 5.69 Å². The first-order chi connectivity index (χ1) is 9.67. The smallest absolute Gasteiger partial charge is 0.412 e. The topological polar surface area (TPSA) is 71.2 Å². The van der Waals surface area contributed by atoms with Crippen molar-refractivity contribution >= 4 is 50.2 Å². The van der Waals surface area contributed by atoms with Gasteiger partial charge in [0.05, 0.1) is 4.47 Å². The second kappa shape index (κ2) is 5.69. The molecule has 0 fully saturated rings. The van der Waals surface area contributed by atoms with E-state index in [1.807, 2.05) is 0 Å². The van der Waals surface area contributed by atoms with Crippen LogP contribution in [-0.4, -0.2) is 16.7 Å². The van der Waals surface area contributed by atoms with Crippen molar-refractivity contribution in [3.8, 4) is 0 Å². The highest BCUT2D eigenvalue weighted by Gasteiger charge is 2.19. The first-order valence-corrected chi connectivity index (χ1v) is 7.35. The van der Waals surface area contributed by atoms with E-state index in [1.54, 1.807) is 39.0 Å². The van der Waals surface area contributed by atoms with Crippen LogP contribution in [0.4, 0.5) is 10.5 Å². The lowest BCUT2D eigenvalue weighted by Gasteiger charge is -2.20. The summed E-state index contributed by atoms with van der Waals surface area (Å²) in [7, 11) is 0. The maximum Gasteiger partial charge on any atom is 0.412 e. The molecule has 0 bridgehead atoms. The van der Waals surface area contributed by atoms with Gasteiger partial charge >= 0.3 is 6.09 Å². The molecule has 0 spiro atoms. The summed E-state index contributed by atoms with van der Waals surface area (Å²) in [4.78, 5) is 26.5. The second-order valence-corrected chi connectivity index (χ2v) is 6.69. The average molecular weight is 374 g/mol. The van der Waals surface area contributed by atoms with Crippen LogP contribution in [0.15, 0.2) is 27.5 Å². The molecule has 0 atom stereocenters. The van der Waals surface area contributed by atoms with Crippen molar-refractivity contribution in [2.75, 3.05) is 5.32 Å². The number of benzene rings is 1. The summed E-state index contributed by atoms with van der Waals surface area (Å²) in [6.45, 7) is 5.23. The van der Waals surface area contributed by atoms with Crippen molar-refractivity contribution in [1.29, 1.82) is 0 Å². The van der Waals surface area contributed by atoms with E-state index in [4.69, 9.17) is 16.3 Å². The fourth-order valence-electron chi connectivity index (χ4n) is 1.74. The molecule has 1 aromatic carbocycles. The predicted octanol–water partition coefficient (Wildman–Crippen LogP) is 4.29. The number of carbonyl (C=O) groups excluding carboxylic acids is 1. The number of H-pyrrole nitrogens is 1. The number of aromatic amines is 1. The quantitative estimate of drug-likeness (QED) is 0.783. The molecule has 2 aromatic rings. The number of fused-ring (bicyclic) bond motifs is 1. The van der Waals surface area contributed by atoms with Gasteiger partial charge in [-0.15, -0.1) is 0 Å². The van der Waals surface area contributed by atoms with Crippen LogP contribution in [0, 0.1) is 0 Å². The van der Waals surface area contributed by atoms with E-state index < -0.39 is 17.3 Å². The lowest BCUT2D eigenvalue weighted by Crippen LogP contribution is -2.29. The number of nitrogens with one attached hydrogen (secondary N) is 2. The van der Waals surface area contributed by atoms with Gasteiger partial charge in [0.1, 0.15) is 11.3 Å². The van der Waals surface area contributed by atoms with Gasteiger partial charge in [-0.2, -0.15) is 0 Å². The van der Waals surface area contributed by atoms with Crippen LogP contribution in [0.2, 0.25) is 5.02 Å². The van der Waals surface area contributed by atoms with Gasteiger partial charge in [-0.25, -0.2) is 4.79 Å². The highest BCUT2D eigenvalue weighted by Crippen LogP contribution is 2.29. The molecule has 1 amide bonds. The number of carbonyl (C=O) groups is 1. The summed E-state index contributed by atoms with van der Waals surface area (Å²) in [6.07, 6.45) is -0.699. The molecule has 21 heavy (non-hydrogen) atoms. The molecule has 7 heteroatoms. The Morgan fingerprint density at radius 1 is 1.38 bits per heavy atom. The third-order valence-corrected chi connectivity index (χ3v) is 3.60. The Labute approximate surface area is 134 Å². The van der Waals surface area contributed by atoms with Crippen molar-refractivity contribution in [3.05, 3.63) is 38.0 Å². The van der Waals surface area contributed by atoms with Gasteiger partial charge in [0.15, 0.2) is 0 Å². The molecule has 0 aliphatic carbocycles. The van der Waals surface area contributed by atoms with Crippen molar-refractivity contribution < 1.29 is 9.53 Å². The van der Waals surface area contributed by atoms with E-state index in [0.717, 1.165) is 0 Å². The van der Waals surface area contributed by atoms with E-state index in [1.165, 1.54) is 0 Å². The molecule has 0 aliphatic heterocycles. The number of amides is 1. The maximum atomic E-state index is 12.1. The van der Waals surface area contributed by atoms with Gasteiger partial charge < -0.3 is 9.72 Å². The monoisotopic (exact) mass is 372 g/mol. The van der Waals surface area contributed by atoms with Crippen LogP contribution in [0.5, 0.6) is 0 Å². The first-order valence-electron chi connectivity index (χ1n) is 6.18. The third-order valence-electron chi connectivity index (χ3n) is 2.54. The van der Waals surface area contributed by atoms with E-state index in [9.17, 15) is 9.59 Å². The molecule has 0 saturated carbocycles. The van der Waals surface area contributed by atoms with Crippen molar-refractivity contribution in [2.24, 2.45) is 0 Å². The van der Waals surface area contributed by atoms with Gasteiger partial charge in [0, 0.05) is 15.9 Å². The summed E-state index contributed by atoms with van der Waals surface area (Å²) in [5.74, 6) is 0. The van der Waals surface area contributed by atoms with Crippen LogP contribution in [-0.2, 0) is 4.74 Å². The average Bonchev–Trinajstić information content (AvgIpc) is 2.33. The van der Waals surface area contributed by atoms with Crippen LogP contribution in [0.25, 0.3) is 10.9 Å². The number of rotatable bonds is 1. The molecule has 0 saturated heterocycles. The van der Waals surface area contributed by atoms with E-state index in [2.05, 4.69) is 26.2 Å². The largest absolute Gasteiger partial charge is 0.444 e. The minimum atomic E-state index is -0.699. The minimum Gasteiger partial charge on any atom is -0.444 e. The number of halogens is 2. The number of hydrogen-bond donors (Lipinski definition) is 2. The molecule has 2 rings (SSSR count). The summed E-state index contributed by atoms with van der Waals surface area (Å²) in [5, 5.41) is 3.67. The highest BCUT2D eigenvalue weighted by molar-refractivity contribution is 9.10. The molecule has 0 unspecified atom stereocenters. The Hall–Kier alpha value is -1.53. The molecule has 0 radical (unpaired) electrons. The third kappa shape index (κ3) is 3.77. The van der Waals surface area contributed by atoms with Crippen molar-refractivity contribution in [3.63, 3.8) is 0 Å². The normalized spacial score (nSPS) is 11.5. The van der Waals surface area contributed by atoms with Crippen molar-refractivity contribution in [1.82, 2.24) is 4.98 Å². The second-order valence-electron chi connectivity index (χ2n) is 5.46. The zero-order valence-electron chi connectivity index (χ0n) is 11.7. The SMILES string of the molecule is CC(C)(C)OC(=O)Nc1c(Br)c2cc(Cl)ccc2[nH]c1=O. The van der Waals surface area contributed by atoms with Gasteiger partial charge in [-0.3, -0.25) is 10.1 Å². The Kier molecular flexibility index (Phi) is 4.30. The molecule has 1 heterocycles. The summed E-state index contributed by atoms with van der Waals surface area (Å²) >= 11 is 9.28. The fraction of sp³-hybridized carbons (Fsp3) is 0.286.